The van der Waals surface area contributed by atoms with Crippen LogP contribution in [-0.2, 0) is 12.4 Å². The van der Waals surface area contributed by atoms with E-state index >= 15 is 0 Å². The highest BCUT2D eigenvalue weighted by Gasteiger charge is 2.38. The molecule has 0 radical (unpaired) electrons. The van der Waals surface area contributed by atoms with Crippen molar-refractivity contribution >= 4 is 0 Å². The fourth-order valence-electron chi connectivity index (χ4n) is 4.41. The van der Waals surface area contributed by atoms with Crippen LogP contribution < -0.4 is 0 Å². The van der Waals surface area contributed by atoms with Gasteiger partial charge in [-0.15, -0.1) is 0 Å². The summed E-state index contributed by atoms with van der Waals surface area (Å²) in [6.45, 7) is 0. The van der Waals surface area contributed by atoms with Gasteiger partial charge in [-0.3, -0.25) is 4.90 Å². The van der Waals surface area contributed by atoms with Crippen LogP contribution in [0.3, 0.4) is 0 Å². The van der Waals surface area contributed by atoms with Crippen molar-refractivity contribution in [1.29, 1.82) is 0 Å². The summed E-state index contributed by atoms with van der Waals surface area (Å²) in [7, 11) is 2.04. The molecule has 0 saturated carbocycles. The van der Waals surface area contributed by atoms with Crippen LogP contribution >= 0.6 is 0 Å². The highest BCUT2D eigenvalue weighted by Crippen LogP contribution is 2.43. The van der Waals surface area contributed by atoms with Crippen molar-refractivity contribution in [2.24, 2.45) is 5.92 Å². The van der Waals surface area contributed by atoms with Crippen LogP contribution in [0.4, 0.5) is 26.3 Å². The van der Waals surface area contributed by atoms with E-state index in [9.17, 15) is 26.3 Å². The van der Waals surface area contributed by atoms with Crippen molar-refractivity contribution in [3.8, 4) is 11.1 Å². The zero-order valence-corrected chi connectivity index (χ0v) is 15.6. The maximum atomic E-state index is 13.1. The molecule has 0 spiro atoms. The topological polar surface area (TPSA) is 3.24 Å². The molecule has 3 atom stereocenters. The lowest BCUT2D eigenvalue weighted by Gasteiger charge is -2.46. The molecule has 154 valence electrons. The number of benzene rings is 2. The quantitative estimate of drug-likeness (QED) is 0.392. The lowest BCUT2D eigenvalue weighted by atomic mass is 9.77. The van der Waals surface area contributed by atoms with Crippen molar-refractivity contribution in [2.45, 2.75) is 37.3 Å². The molecule has 0 unspecified atom stereocenters. The molecule has 1 aliphatic carbocycles. The molecule has 2 heterocycles. The number of alkyl halides is 6. The van der Waals surface area contributed by atoms with Gasteiger partial charge in [0.2, 0.25) is 0 Å². The molecule has 7 heteroatoms. The van der Waals surface area contributed by atoms with Crippen molar-refractivity contribution in [3.63, 3.8) is 0 Å². The standard InChI is InChI=1S/C22H19F6N/c1-29-19-8-6-15(7-9-19)20(29)14-4-2-13(3-5-14)16-10-17(21(23,24)25)12-18(11-16)22(26,27)28/h2-6,8,10-12,15,19-20H,7,9H2,1H3/t15-,19-,20-/m0/s1. The minimum atomic E-state index is -4.85. The molecule has 0 aromatic heterocycles. The summed E-state index contributed by atoms with van der Waals surface area (Å²) in [4.78, 5) is 2.27. The third kappa shape index (κ3) is 3.80. The molecule has 1 fully saturated rings. The van der Waals surface area contributed by atoms with Gasteiger partial charge in [-0.2, -0.15) is 26.3 Å². The summed E-state index contributed by atoms with van der Waals surface area (Å²) in [6.07, 6.45) is -3.15. The van der Waals surface area contributed by atoms with Crippen LogP contribution in [0.5, 0.6) is 0 Å². The molecule has 3 aliphatic rings. The van der Waals surface area contributed by atoms with Crippen molar-refractivity contribution in [2.75, 3.05) is 7.05 Å². The van der Waals surface area contributed by atoms with Crippen LogP contribution in [0.1, 0.15) is 35.6 Å². The number of halogens is 6. The first kappa shape index (κ1) is 20.0. The van der Waals surface area contributed by atoms with E-state index in [4.69, 9.17) is 0 Å². The lowest BCUT2D eigenvalue weighted by molar-refractivity contribution is -0.143. The Hall–Kier alpha value is -2.28. The van der Waals surface area contributed by atoms with E-state index in [1.54, 1.807) is 24.3 Å². The molecular formula is C22H19F6N. The lowest BCUT2D eigenvalue weighted by Crippen LogP contribution is -2.44. The fourth-order valence-corrected chi connectivity index (χ4v) is 4.41. The molecule has 5 rings (SSSR count). The second-order valence-electron chi connectivity index (χ2n) is 7.72. The first-order valence-electron chi connectivity index (χ1n) is 9.34. The molecule has 0 amide bonds. The molecule has 1 saturated heterocycles. The van der Waals surface area contributed by atoms with Gasteiger partial charge in [0.05, 0.1) is 11.1 Å². The predicted octanol–water partition coefficient (Wildman–Crippen LogP) is 6.71. The Kier molecular flexibility index (Phi) is 4.76. The molecule has 2 aromatic carbocycles. The first-order valence-corrected chi connectivity index (χ1v) is 9.34. The van der Waals surface area contributed by atoms with Crippen LogP contribution in [-0.4, -0.2) is 18.0 Å². The van der Waals surface area contributed by atoms with Crippen molar-refractivity contribution in [3.05, 3.63) is 71.3 Å². The summed E-state index contributed by atoms with van der Waals surface area (Å²) in [6, 6.07) is 9.02. The molecule has 0 N–H and O–H groups in total. The van der Waals surface area contributed by atoms with E-state index in [1.807, 2.05) is 7.05 Å². The number of nitrogens with zero attached hydrogens (tertiary/aromatic N) is 1. The number of hydrogen-bond acceptors (Lipinski definition) is 1. The average Bonchev–Trinajstić information content (AvgIpc) is 2.67. The maximum absolute atomic E-state index is 13.1. The van der Waals surface area contributed by atoms with Gasteiger partial charge in [-0.1, -0.05) is 36.4 Å². The van der Waals surface area contributed by atoms with Crippen molar-refractivity contribution < 1.29 is 26.3 Å². The van der Waals surface area contributed by atoms with Crippen LogP contribution in [0.25, 0.3) is 11.1 Å². The van der Waals surface area contributed by atoms with Crippen LogP contribution in [0.2, 0.25) is 0 Å². The van der Waals surface area contributed by atoms with Gasteiger partial charge in [-0.25, -0.2) is 0 Å². The molecule has 1 nitrogen and oxygen atoms in total. The highest BCUT2D eigenvalue weighted by atomic mass is 19.4. The van der Waals surface area contributed by atoms with Gasteiger partial charge in [0.25, 0.3) is 0 Å². The second kappa shape index (κ2) is 6.90. The molecule has 2 aliphatic heterocycles. The Labute approximate surface area is 164 Å². The number of likely N-dealkylation sites (N-methyl/N-ethyl adjacent to an activating group) is 1. The summed E-state index contributed by atoms with van der Waals surface area (Å²) < 4.78 is 78.7. The van der Waals surface area contributed by atoms with E-state index in [1.165, 1.54) is 0 Å². The Balaban J connectivity index is 1.70. The Morgan fingerprint density at radius 2 is 1.34 bits per heavy atom. The van der Waals surface area contributed by atoms with Crippen LogP contribution in [0, 0.1) is 5.92 Å². The third-order valence-corrected chi connectivity index (χ3v) is 5.92. The molecular weight excluding hydrogens is 392 g/mol. The van der Waals surface area contributed by atoms with Crippen molar-refractivity contribution in [1.82, 2.24) is 4.90 Å². The molecule has 2 aromatic rings. The third-order valence-electron chi connectivity index (χ3n) is 5.92. The van der Waals surface area contributed by atoms with Gasteiger partial charge >= 0.3 is 12.4 Å². The Morgan fingerprint density at radius 1 is 0.759 bits per heavy atom. The zero-order chi connectivity index (χ0) is 21.0. The summed E-state index contributed by atoms with van der Waals surface area (Å²) >= 11 is 0. The summed E-state index contributed by atoms with van der Waals surface area (Å²) in [5, 5.41) is 0. The SMILES string of the molecule is CN1[C@H]2C=C[C@@H](CC2)[C@@H]1c1ccc(-c2cc(C(F)(F)F)cc(C(F)(F)F)c2)cc1. The Morgan fingerprint density at radius 3 is 1.79 bits per heavy atom. The minimum Gasteiger partial charge on any atom is -0.292 e. The van der Waals surface area contributed by atoms with E-state index < -0.39 is 23.5 Å². The number of piperidine rings is 1. The van der Waals surface area contributed by atoms with E-state index in [0.29, 0.717) is 17.5 Å². The smallest absolute Gasteiger partial charge is 0.292 e. The van der Waals surface area contributed by atoms with Gasteiger partial charge in [0.15, 0.2) is 0 Å². The normalized spacial score (nSPS) is 24.9. The largest absolute Gasteiger partial charge is 0.416 e. The van der Waals surface area contributed by atoms with Gasteiger partial charge in [0.1, 0.15) is 0 Å². The highest BCUT2D eigenvalue weighted by molar-refractivity contribution is 5.66. The van der Waals surface area contributed by atoms with Crippen LogP contribution in [0.15, 0.2) is 54.6 Å². The fraction of sp³-hybridized carbons (Fsp3) is 0.364. The summed E-state index contributed by atoms with van der Waals surface area (Å²) in [5.74, 6) is 0.362. The average molecular weight is 411 g/mol. The Bertz CT molecular complexity index is 894. The first-order chi connectivity index (χ1) is 13.5. The van der Waals surface area contributed by atoms with E-state index in [2.05, 4.69) is 17.1 Å². The summed E-state index contributed by atoms with van der Waals surface area (Å²) in [5.41, 5.74) is -1.37. The zero-order valence-electron chi connectivity index (χ0n) is 15.6. The second-order valence-corrected chi connectivity index (χ2v) is 7.72. The number of rotatable bonds is 2. The number of hydrogen-bond donors (Lipinski definition) is 0. The van der Waals surface area contributed by atoms with Gasteiger partial charge in [0, 0.05) is 12.1 Å². The van der Waals surface area contributed by atoms with Gasteiger partial charge in [-0.05, 0) is 60.7 Å². The van der Waals surface area contributed by atoms with E-state index in [-0.39, 0.29) is 17.7 Å². The molecule has 29 heavy (non-hydrogen) atoms. The van der Waals surface area contributed by atoms with Gasteiger partial charge < -0.3 is 0 Å². The number of fused-ring (bicyclic) bond motifs is 2. The predicted molar refractivity (Wildman–Crippen MR) is 98.0 cm³/mol. The maximum Gasteiger partial charge on any atom is 0.416 e. The van der Waals surface area contributed by atoms with E-state index in [0.717, 1.165) is 30.5 Å². The molecule has 2 bridgehead atoms. The minimum absolute atomic E-state index is 0.0999. The monoisotopic (exact) mass is 411 g/mol.